The summed E-state index contributed by atoms with van der Waals surface area (Å²) in [5, 5.41) is 0. The number of hydrogen-bond acceptors (Lipinski definition) is 2. The van der Waals surface area contributed by atoms with Crippen molar-refractivity contribution in [2.24, 2.45) is 0 Å². The highest BCUT2D eigenvalue weighted by Crippen LogP contribution is 2.28. The lowest BCUT2D eigenvalue weighted by Crippen LogP contribution is -2.10. The van der Waals surface area contributed by atoms with E-state index >= 15 is 0 Å². The summed E-state index contributed by atoms with van der Waals surface area (Å²) < 4.78 is 48.4. The van der Waals surface area contributed by atoms with Crippen molar-refractivity contribution in [2.45, 2.75) is 83.9 Å². The van der Waals surface area contributed by atoms with Gasteiger partial charge in [-0.05, 0) is 51.0 Å². The van der Waals surface area contributed by atoms with Gasteiger partial charge < -0.3 is 9.47 Å². The molecule has 2 nitrogen and oxygen atoms in total. The number of halogens is 3. The molecule has 0 aliphatic rings. The standard InChI is InChI=1S/C24H35F3O2/c1-21(2)29-20-19-28-18-12-10-8-6-4-3-5-7-9-11-13-22-14-16-23(17-15-22)24(25,26)27/h14-17,21H,3-10,12,18-20H2,1-2H3. The molecule has 0 aliphatic heterocycles. The van der Waals surface area contributed by atoms with E-state index in [0.717, 1.165) is 44.4 Å². The normalized spacial score (nSPS) is 11.5. The molecule has 0 radical (unpaired) electrons. The predicted octanol–water partition coefficient (Wildman–Crippen LogP) is 7.01. The van der Waals surface area contributed by atoms with Crippen molar-refractivity contribution in [2.75, 3.05) is 19.8 Å². The first-order valence-electron chi connectivity index (χ1n) is 10.7. The highest BCUT2D eigenvalue weighted by molar-refractivity contribution is 5.36. The molecule has 0 heterocycles. The highest BCUT2D eigenvalue weighted by Gasteiger charge is 2.29. The molecule has 0 saturated carbocycles. The summed E-state index contributed by atoms with van der Waals surface area (Å²) in [6.07, 6.45) is 6.25. The quantitative estimate of drug-likeness (QED) is 0.242. The Morgan fingerprint density at radius 2 is 1.38 bits per heavy atom. The fourth-order valence-corrected chi connectivity index (χ4v) is 2.83. The summed E-state index contributed by atoms with van der Waals surface area (Å²) in [4.78, 5) is 0. The van der Waals surface area contributed by atoms with Gasteiger partial charge in [0.1, 0.15) is 0 Å². The first-order valence-corrected chi connectivity index (χ1v) is 10.7. The molecular weight excluding hydrogens is 377 g/mol. The fraction of sp³-hybridized carbons (Fsp3) is 0.667. The Hall–Kier alpha value is -1.51. The Kier molecular flexibility index (Phi) is 13.5. The van der Waals surface area contributed by atoms with Crippen LogP contribution in [0.25, 0.3) is 0 Å². The van der Waals surface area contributed by atoms with E-state index in [9.17, 15) is 13.2 Å². The van der Waals surface area contributed by atoms with Gasteiger partial charge in [0, 0.05) is 18.6 Å². The van der Waals surface area contributed by atoms with Crippen LogP contribution in [0.4, 0.5) is 13.2 Å². The van der Waals surface area contributed by atoms with Crippen LogP contribution < -0.4 is 0 Å². The van der Waals surface area contributed by atoms with E-state index in [-0.39, 0.29) is 6.10 Å². The summed E-state index contributed by atoms with van der Waals surface area (Å²) >= 11 is 0. The van der Waals surface area contributed by atoms with Crippen LogP contribution in [0.15, 0.2) is 24.3 Å². The van der Waals surface area contributed by atoms with Crippen molar-refractivity contribution in [3.63, 3.8) is 0 Å². The second-order valence-electron chi connectivity index (χ2n) is 7.49. The van der Waals surface area contributed by atoms with Crippen LogP contribution in [0.2, 0.25) is 0 Å². The van der Waals surface area contributed by atoms with E-state index in [0.29, 0.717) is 18.8 Å². The van der Waals surface area contributed by atoms with Crippen molar-refractivity contribution in [1.29, 1.82) is 0 Å². The lowest BCUT2D eigenvalue weighted by Gasteiger charge is -2.08. The van der Waals surface area contributed by atoms with Crippen LogP contribution >= 0.6 is 0 Å². The fourth-order valence-electron chi connectivity index (χ4n) is 2.83. The number of unbranched alkanes of at least 4 members (excludes halogenated alkanes) is 8. The molecule has 1 aromatic carbocycles. The van der Waals surface area contributed by atoms with Crippen LogP contribution in [-0.2, 0) is 15.7 Å². The molecule has 0 fully saturated rings. The summed E-state index contributed by atoms with van der Waals surface area (Å²) in [6, 6.07) is 5.02. The van der Waals surface area contributed by atoms with E-state index in [1.165, 1.54) is 44.2 Å². The van der Waals surface area contributed by atoms with Gasteiger partial charge in [-0.15, -0.1) is 0 Å². The minimum absolute atomic E-state index is 0.268. The van der Waals surface area contributed by atoms with Crippen molar-refractivity contribution >= 4 is 0 Å². The molecule has 0 N–H and O–H groups in total. The van der Waals surface area contributed by atoms with Crippen LogP contribution in [0, 0.1) is 11.8 Å². The van der Waals surface area contributed by atoms with Gasteiger partial charge in [0.2, 0.25) is 0 Å². The van der Waals surface area contributed by atoms with Crippen LogP contribution in [0.1, 0.15) is 82.8 Å². The average molecular weight is 413 g/mol. The molecule has 1 rings (SSSR count). The summed E-state index contributed by atoms with van der Waals surface area (Å²) in [7, 11) is 0. The number of hydrogen-bond donors (Lipinski definition) is 0. The number of ether oxygens (including phenoxy) is 2. The zero-order chi connectivity index (χ0) is 21.4. The molecule has 0 spiro atoms. The molecule has 0 aliphatic carbocycles. The van der Waals surface area contributed by atoms with Gasteiger partial charge in [-0.25, -0.2) is 0 Å². The maximum Gasteiger partial charge on any atom is 0.416 e. The van der Waals surface area contributed by atoms with Gasteiger partial charge in [-0.3, -0.25) is 0 Å². The minimum atomic E-state index is -4.29. The van der Waals surface area contributed by atoms with E-state index in [1.54, 1.807) is 0 Å². The second kappa shape index (κ2) is 15.3. The van der Waals surface area contributed by atoms with E-state index in [4.69, 9.17) is 9.47 Å². The summed E-state index contributed by atoms with van der Waals surface area (Å²) in [5.74, 6) is 5.99. The molecule has 164 valence electrons. The molecule has 0 amide bonds. The summed E-state index contributed by atoms with van der Waals surface area (Å²) in [5.41, 5.74) is 0.00115. The third-order valence-corrected chi connectivity index (χ3v) is 4.46. The molecule has 29 heavy (non-hydrogen) atoms. The van der Waals surface area contributed by atoms with Gasteiger partial charge in [0.15, 0.2) is 0 Å². The Morgan fingerprint density at radius 3 is 1.97 bits per heavy atom. The predicted molar refractivity (Wildman–Crippen MR) is 112 cm³/mol. The molecule has 0 atom stereocenters. The summed E-state index contributed by atoms with van der Waals surface area (Å²) in [6.45, 7) is 6.22. The Morgan fingerprint density at radius 1 is 0.793 bits per heavy atom. The molecule has 0 bridgehead atoms. The van der Waals surface area contributed by atoms with E-state index < -0.39 is 11.7 Å². The largest absolute Gasteiger partial charge is 0.416 e. The Bertz CT molecular complexity index is 583. The first kappa shape index (κ1) is 25.5. The van der Waals surface area contributed by atoms with Gasteiger partial charge in [0.25, 0.3) is 0 Å². The molecule has 0 aromatic heterocycles. The highest BCUT2D eigenvalue weighted by atomic mass is 19.4. The second-order valence-corrected chi connectivity index (χ2v) is 7.49. The molecule has 1 aromatic rings. The van der Waals surface area contributed by atoms with Crippen LogP contribution in [-0.4, -0.2) is 25.9 Å². The van der Waals surface area contributed by atoms with Crippen molar-refractivity contribution < 1.29 is 22.6 Å². The SMILES string of the molecule is CC(C)OCCOCCCCCCCCCCC#Cc1ccc(C(F)(F)F)cc1. The number of benzene rings is 1. The molecule has 0 saturated heterocycles. The smallest absolute Gasteiger partial charge is 0.379 e. The molecule has 0 unspecified atom stereocenters. The maximum atomic E-state index is 12.5. The topological polar surface area (TPSA) is 18.5 Å². The molecule has 5 heteroatoms. The van der Waals surface area contributed by atoms with Crippen molar-refractivity contribution in [1.82, 2.24) is 0 Å². The first-order chi connectivity index (χ1) is 13.9. The number of alkyl halides is 3. The number of rotatable bonds is 14. The zero-order valence-corrected chi connectivity index (χ0v) is 17.8. The van der Waals surface area contributed by atoms with Crippen LogP contribution in [0.5, 0.6) is 0 Å². The van der Waals surface area contributed by atoms with Gasteiger partial charge >= 0.3 is 6.18 Å². The lowest BCUT2D eigenvalue weighted by atomic mass is 10.1. The average Bonchev–Trinajstić information content (AvgIpc) is 2.67. The minimum Gasteiger partial charge on any atom is -0.379 e. The van der Waals surface area contributed by atoms with Crippen LogP contribution in [0.3, 0.4) is 0 Å². The van der Waals surface area contributed by atoms with Gasteiger partial charge in [-0.1, -0.05) is 50.4 Å². The van der Waals surface area contributed by atoms with E-state index in [1.807, 2.05) is 13.8 Å². The lowest BCUT2D eigenvalue weighted by molar-refractivity contribution is -0.137. The van der Waals surface area contributed by atoms with Crippen molar-refractivity contribution in [3.8, 4) is 11.8 Å². The molecular formula is C24H35F3O2. The maximum absolute atomic E-state index is 12.5. The zero-order valence-electron chi connectivity index (χ0n) is 17.8. The van der Waals surface area contributed by atoms with Gasteiger partial charge in [-0.2, -0.15) is 13.2 Å². The van der Waals surface area contributed by atoms with Crippen molar-refractivity contribution in [3.05, 3.63) is 35.4 Å². The monoisotopic (exact) mass is 412 g/mol. The Labute approximate surface area is 174 Å². The Balaban J connectivity index is 1.91. The van der Waals surface area contributed by atoms with E-state index in [2.05, 4.69) is 11.8 Å². The third-order valence-electron chi connectivity index (χ3n) is 4.46. The third kappa shape index (κ3) is 14.2. The van der Waals surface area contributed by atoms with Gasteiger partial charge in [0.05, 0.1) is 24.9 Å².